The van der Waals surface area contributed by atoms with E-state index in [9.17, 15) is 4.79 Å². The van der Waals surface area contributed by atoms with Crippen LogP contribution in [0.3, 0.4) is 0 Å². The third kappa shape index (κ3) is 3.12. The molecule has 4 heterocycles. The number of likely N-dealkylation sites (tertiary alicyclic amines) is 2. The summed E-state index contributed by atoms with van der Waals surface area (Å²) in [5.41, 5.74) is 2.19. The highest BCUT2D eigenvalue weighted by molar-refractivity contribution is 7.09. The number of hydrogen-bond donors (Lipinski definition) is 0. The van der Waals surface area contributed by atoms with Gasteiger partial charge in [0.05, 0.1) is 27.9 Å². The van der Waals surface area contributed by atoms with Crippen LogP contribution in [0.2, 0.25) is 0 Å². The van der Waals surface area contributed by atoms with E-state index in [0.717, 1.165) is 47.3 Å². The summed E-state index contributed by atoms with van der Waals surface area (Å²) in [6, 6.07) is 0.789. The van der Waals surface area contributed by atoms with Gasteiger partial charge in [0.1, 0.15) is 0 Å². The van der Waals surface area contributed by atoms with Gasteiger partial charge in [0.25, 0.3) is 0 Å². The third-order valence-corrected chi connectivity index (χ3v) is 6.68. The average Bonchev–Trinajstić information content (AvgIpc) is 3.24. The second-order valence-electron chi connectivity index (χ2n) is 6.67. The molecule has 0 aromatic carbocycles. The van der Waals surface area contributed by atoms with Crippen molar-refractivity contribution in [2.45, 2.75) is 58.3 Å². The molecule has 0 unspecified atom stereocenters. The number of thiazole rings is 2. The van der Waals surface area contributed by atoms with Crippen molar-refractivity contribution in [2.24, 2.45) is 0 Å². The van der Waals surface area contributed by atoms with Crippen LogP contribution in [-0.2, 0) is 17.9 Å². The second-order valence-corrected chi connectivity index (χ2v) is 8.79. The van der Waals surface area contributed by atoms with Crippen LogP contribution in [0.5, 0.6) is 0 Å². The minimum Gasteiger partial charge on any atom is -0.332 e. The predicted molar refractivity (Wildman–Crippen MR) is 96.1 cm³/mol. The Kier molecular flexibility index (Phi) is 4.40. The highest BCUT2D eigenvalue weighted by Crippen LogP contribution is 2.33. The zero-order chi connectivity index (χ0) is 16.7. The minimum absolute atomic E-state index is 0.285. The zero-order valence-corrected chi connectivity index (χ0v) is 15.7. The van der Waals surface area contributed by atoms with Crippen LogP contribution in [0.4, 0.5) is 0 Å². The summed E-state index contributed by atoms with van der Waals surface area (Å²) in [5, 5.41) is 6.43. The highest BCUT2D eigenvalue weighted by atomic mass is 32.1. The van der Waals surface area contributed by atoms with Gasteiger partial charge in [-0.25, -0.2) is 9.97 Å². The van der Waals surface area contributed by atoms with Crippen LogP contribution in [0.25, 0.3) is 0 Å². The SMILES string of the molecule is Cc1nc(CN2CC[C@@H]3[C@@H]2CCC(=O)N3Cc2csc(C)n2)cs1. The van der Waals surface area contributed by atoms with E-state index in [1.807, 2.05) is 6.92 Å². The Morgan fingerprint density at radius 1 is 1.04 bits per heavy atom. The molecule has 4 rings (SSSR count). The van der Waals surface area contributed by atoms with Crippen molar-refractivity contribution in [1.29, 1.82) is 0 Å². The van der Waals surface area contributed by atoms with Crippen molar-refractivity contribution in [3.8, 4) is 0 Å². The molecular formula is C17H22N4OS2. The number of nitrogens with zero attached hydrogens (tertiary/aromatic N) is 4. The fourth-order valence-electron chi connectivity index (χ4n) is 3.98. The van der Waals surface area contributed by atoms with E-state index >= 15 is 0 Å². The van der Waals surface area contributed by atoms with Crippen LogP contribution >= 0.6 is 22.7 Å². The molecule has 5 nitrogen and oxygen atoms in total. The Bertz CT molecular complexity index is 741. The quantitative estimate of drug-likeness (QED) is 0.839. The molecule has 0 aliphatic carbocycles. The first-order valence-electron chi connectivity index (χ1n) is 8.45. The van der Waals surface area contributed by atoms with E-state index in [2.05, 4.69) is 37.5 Å². The Labute approximate surface area is 150 Å². The van der Waals surface area contributed by atoms with Gasteiger partial charge >= 0.3 is 0 Å². The first-order chi connectivity index (χ1) is 11.6. The number of aromatic nitrogens is 2. The van der Waals surface area contributed by atoms with Gasteiger partial charge in [-0.2, -0.15) is 0 Å². The molecule has 24 heavy (non-hydrogen) atoms. The summed E-state index contributed by atoms with van der Waals surface area (Å²) >= 11 is 3.37. The molecule has 2 fully saturated rings. The summed E-state index contributed by atoms with van der Waals surface area (Å²) in [7, 11) is 0. The van der Waals surface area contributed by atoms with Gasteiger partial charge < -0.3 is 4.90 Å². The maximum atomic E-state index is 12.5. The molecular weight excluding hydrogens is 340 g/mol. The van der Waals surface area contributed by atoms with Crippen molar-refractivity contribution in [1.82, 2.24) is 19.8 Å². The second kappa shape index (κ2) is 6.54. The number of fused-ring (bicyclic) bond motifs is 1. The molecule has 2 atom stereocenters. The van der Waals surface area contributed by atoms with Crippen LogP contribution in [0.1, 0.15) is 40.7 Å². The van der Waals surface area contributed by atoms with E-state index in [1.54, 1.807) is 22.7 Å². The number of rotatable bonds is 4. The molecule has 2 aliphatic rings. The first-order valence-corrected chi connectivity index (χ1v) is 10.2. The smallest absolute Gasteiger partial charge is 0.223 e. The first kappa shape index (κ1) is 16.2. The predicted octanol–water partition coefficient (Wildman–Crippen LogP) is 2.98. The number of amides is 1. The van der Waals surface area contributed by atoms with Gasteiger partial charge in [0, 0.05) is 42.4 Å². The minimum atomic E-state index is 0.285. The van der Waals surface area contributed by atoms with E-state index < -0.39 is 0 Å². The molecule has 0 saturated carbocycles. The molecule has 0 N–H and O–H groups in total. The highest BCUT2D eigenvalue weighted by Gasteiger charge is 2.43. The molecule has 0 bridgehead atoms. The summed E-state index contributed by atoms with van der Waals surface area (Å²) in [4.78, 5) is 26.2. The lowest BCUT2D eigenvalue weighted by atomic mass is 9.96. The van der Waals surface area contributed by atoms with Crippen LogP contribution in [-0.4, -0.2) is 44.3 Å². The molecule has 2 saturated heterocycles. The van der Waals surface area contributed by atoms with Crippen LogP contribution in [0.15, 0.2) is 10.8 Å². The summed E-state index contributed by atoms with van der Waals surface area (Å²) in [6.07, 6.45) is 2.68. The Balaban J connectivity index is 1.48. The number of piperidine rings is 1. The fraction of sp³-hybridized carbons (Fsp3) is 0.588. The number of carbonyl (C=O) groups is 1. The van der Waals surface area contributed by atoms with Gasteiger partial charge in [-0.05, 0) is 26.7 Å². The van der Waals surface area contributed by atoms with Gasteiger partial charge in [-0.1, -0.05) is 0 Å². The van der Waals surface area contributed by atoms with Crippen molar-refractivity contribution < 1.29 is 4.79 Å². The number of carbonyl (C=O) groups excluding carboxylic acids is 1. The van der Waals surface area contributed by atoms with Crippen molar-refractivity contribution in [3.63, 3.8) is 0 Å². The Hall–Kier alpha value is -1.31. The summed E-state index contributed by atoms with van der Waals surface area (Å²) < 4.78 is 0. The molecule has 0 spiro atoms. The lowest BCUT2D eigenvalue weighted by molar-refractivity contribution is -0.138. The number of aryl methyl sites for hydroxylation is 2. The molecule has 2 aliphatic heterocycles. The molecule has 128 valence electrons. The molecule has 2 aromatic rings. The van der Waals surface area contributed by atoms with Crippen LogP contribution < -0.4 is 0 Å². The van der Waals surface area contributed by atoms with E-state index in [-0.39, 0.29) is 5.91 Å². The summed E-state index contributed by atoms with van der Waals surface area (Å²) in [6.45, 7) is 6.68. The topological polar surface area (TPSA) is 49.3 Å². The van der Waals surface area contributed by atoms with E-state index in [1.165, 1.54) is 0 Å². The molecule has 7 heteroatoms. The maximum Gasteiger partial charge on any atom is 0.223 e. The lowest BCUT2D eigenvalue weighted by Gasteiger charge is -2.39. The largest absolute Gasteiger partial charge is 0.332 e. The van der Waals surface area contributed by atoms with E-state index in [0.29, 0.717) is 25.0 Å². The molecule has 0 radical (unpaired) electrons. The Morgan fingerprint density at radius 3 is 2.33 bits per heavy atom. The standard InChI is InChI=1S/C17H22N4OS2/c1-11-18-13(9-23-11)7-20-6-5-16-15(20)3-4-17(22)21(16)8-14-10-24-12(2)19-14/h9-10,15-16H,3-8H2,1-2H3/t15-,16+/m0/s1. The monoisotopic (exact) mass is 362 g/mol. The fourth-order valence-corrected chi connectivity index (χ4v) is 5.19. The molecule has 2 aromatic heterocycles. The van der Waals surface area contributed by atoms with Crippen molar-refractivity contribution >= 4 is 28.6 Å². The third-order valence-electron chi connectivity index (χ3n) is 5.03. The summed E-state index contributed by atoms with van der Waals surface area (Å²) in [5.74, 6) is 0.285. The van der Waals surface area contributed by atoms with Gasteiger partial charge in [-0.3, -0.25) is 9.69 Å². The van der Waals surface area contributed by atoms with E-state index in [4.69, 9.17) is 0 Å². The molecule has 1 amide bonds. The number of hydrogen-bond acceptors (Lipinski definition) is 6. The van der Waals surface area contributed by atoms with Gasteiger partial charge in [0.2, 0.25) is 5.91 Å². The average molecular weight is 363 g/mol. The maximum absolute atomic E-state index is 12.5. The van der Waals surface area contributed by atoms with Gasteiger partial charge in [0.15, 0.2) is 0 Å². The normalized spacial score (nSPS) is 24.6. The van der Waals surface area contributed by atoms with Crippen molar-refractivity contribution in [3.05, 3.63) is 32.2 Å². The van der Waals surface area contributed by atoms with Gasteiger partial charge in [-0.15, -0.1) is 22.7 Å². The van der Waals surface area contributed by atoms with Crippen molar-refractivity contribution in [2.75, 3.05) is 6.54 Å². The van der Waals surface area contributed by atoms with Crippen LogP contribution in [0, 0.1) is 13.8 Å². The zero-order valence-electron chi connectivity index (χ0n) is 14.1. The lowest BCUT2D eigenvalue weighted by Crippen LogP contribution is -2.51. The Morgan fingerprint density at radius 2 is 1.71 bits per heavy atom.